The van der Waals surface area contributed by atoms with Crippen LogP contribution in [0.2, 0.25) is 5.02 Å². The van der Waals surface area contributed by atoms with Crippen molar-refractivity contribution < 1.29 is 9.90 Å². The van der Waals surface area contributed by atoms with Crippen LogP contribution in [0.5, 0.6) is 5.75 Å². The number of nitrogens with one attached hydrogen (secondary N) is 1. The van der Waals surface area contributed by atoms with Crippen LogP contribution in [0.4, 0.5) is 10.7 Å². The van der Waals surface area contributed by atoms with E-state index in [1.54, 1.807) is 19.1 Å². The lowest BCUT2D eigenvalue weighted by Crippen LogP contribution is -2.13. The molecule has 0 atom stereocenters. The Kier molecular flexibility index (Phi) is 3.92. The van der Waals surface area contributed by atoms with Gasteiger partial charge in [-0.05, 0) is 36.2 Å². The van der Waals surface area contributed by atoms with Crippen molar-refractivity contribution in [1.29, 1.82) is 0 Å². The van der Waals surface area contributed by atoms with Crippen LogP contribution in [-0.2, 0) is 11.2 Å². The highest BCUT2D eigenvalue weighted by Crippen LogP contribution is 2.35. The van der Waals surface area contributed by atoms with E-state index in [2.05, 4.69) is 9.69 Å². The van der Waals surface area contributed by atoms with Crippen LogP contribution >= 0.6 is 23.1 Å². The molecule has 0 spiro atoms. The lowest BCUT2D eigenvalue weighted by atomic mass is 10.1. The number of phenolic OH excluding ortho intramolecular Hbond substituents is 1. The predicted octanol–water partition coefficient (Wildman–Crippen LogP) is 2.58. The van der Waals surface area contributed by atoms with Gasteiger partial charge in [0.2, 0.25) is 5.91 Å². The molecule has 1 amide bonds. The highest BCUT2D eigenvalue weighted by atomic mass is 35.5. The van der Waals surface area contributed by atoms with Crippen LogP contribution in [0, 0.1) is 6.92 Å². The molecule has 0 aliphatic heterocycles. The topological polar surface area (TPSA) is 88.2 Å². The van der Waals surface area contributed by atoms with Crippen molar-refractivity contribution in [1.82, 2.24) is 4.37 Å². The standard InChI is InChI=1S/C12H12ClN3O2S/c1-6-11(13)12(19-16-6)15-8-4-7(5-10(14)18)2-3-9(8)17/h2-4,15,17H,5H2,1H3,(H2,14,18). The Balaban J connectivity index is 2.28. The van der Waals surface area contributed by atoms with Gasteiger partial charge < -0.3 is 16.2 Å². The third-order valence-electron chi connectivity index (χ3n) is 2.48. The van der Waals surface area contributed by atoms with Crippen molar-refractivity contribution in [3.63, 3.8) is 0 Å². The van der Waals surface area contributed by atoms with Crippen molar-refractivity contribution in [3.8, 4) is 5.75 Å². The average Bonchev–Trinajstić information content (AvgIpc) is 2.65. The maximum absolute atomic E-state index is 10.9. The number of hydrogen-bond acceptors (Lipinski definition) is 5. The molecule has 2 rings (SSSR count). The van der Waals surface area contributed by atoms with Gasteiger partial charge in [0.15, 0.2) is 0 Å². The fraction of sp³-hybridized carbons (Fsp3) is 0.167. The Morgan fingerprint density at radius 3 is 2.89 bits per heavy atom. The van der Waals surface area contributed by atoms with E-state index in [0.29, 0.717) is 21.3 Å². The number of hydrogen-bond donors (Lipinski definition) is 3. The number of amides is 1. The Morgan fingerprint density at radius 2 is 2.32 bits per heavy atom. The summed E-state index contributed by atoms with van der Waals surface area (Å²) >= 11 is 7.27. The Morgan fingerprint density at radius 1 is 1.58 bits per heavy atom. The molecule has 0 fully saturated rings. The summed E-state index contributed by atoms with van der Waals surface area (Å²) in [5.74, 6) is -0.362. The first kappa shape index (κ1) is 13.6. The SMILES string of the molecule is Cc1nsc(Nc2cc(CC(N)=O)ccc2O)c1Cl. The van der Waals surface area contributed by atoms with E-state index in [4.69, 9.17) is 17.3 Å². The van der Waals surface area contributed by atoms with Gasteiger partial charge in [-0.1, -0.05) is 17.7 Å². The number of phenols is 1. The van der Waals surface area contributed by atoms with Gasteiger partial charge in [0.1, 0.15) is 10.8 Å². The minimum Gasteiger partial charge on any atom is -0.506 e. The first-order valence-corrected chi connectivity index (χ1v) is 6.61. The van der Waals surface area contributed by atoms with Crippen LogP contribution in [0.1, 0.15) is 11.3 Å². The van der Waals surface area contributed by atoms with E-state index >= 15 is 0 Å². The molecule has 100 valence electrons. The monoisotopic (exact) mass is 297 g/mol. The molecular weight excluding hydrogens is 286 g/mol. The van der Waals surface area contributed by atoms with E-state index in [1.165, 1.54) is 17.6 Å². The molecule has 1 heterocycles. The number of primary amides is 1. The third-order valence-corrected chi connectivity index (χ3v) is 3.91. The zero-order valence-corrected chi connectivity index (χ0v) is 11.7. The molecule has 19 heavy (non-hydrogen) atoms. The molecule has 0 aliphatic rings. The first-order chi connectivity index (χ1) is 8.97. The summed E-state index contributed by atoms with van der Waals surface area (Å²) in [5.41, 5.74) is 7.04. The summed E-state index contributed by atoms with van der Waals surface area (Å²) in [6, 6.07) is 4.80. The van der Waals surface area contributed by atoms with Crippen LogP contribution < -0.4 is 11.1 Å². The molecule has 0 saturated heterocycles. The molecule has 0 bridgehead atoms. The van der Waals surface area contributed by atoms with Crippen LogP contribution in [-0.4, -0.2) is 15.4 Å². The van der Waals surface area contributed by atoms with Gasteiger partial charge >= 0.3 is 0 Å². The number of carbonyl (C=O) groups is 1. The molecule has 5 nitrogen and oxygen atoms in total. The van der Waals surface area contributed by atoms with Gasteiger partial charge in [-0.15, -0.1) is 0 Å². The van der Waals surface area contributed by atoms with Gasteiger partial charge in [0.05, 0.1) is 22.8 Å². The molecular formula is C12H12ClN3O2S. The number of carbonyl (C=O) groups excluding carboxylic acids is 1. The maximum Gasteiger partial charge on any atom is 0.221 e. The van der Waals surface area contributed by atoms with Crippen molar-refractivity contribution in [3.05, 3.63) is 34.5 Å². The fourth-order valence-electron chi connectivity index (χ4n) is 1.55. The Bertz CT molecular complexity index is 627. The molecule has 1 aromatic carbocycles. The average molecular weight is 298 g/mol. The third kappa shape index (κ3) is 3.15. The summed E-state index contributed by atoms with van der Waals surface area (Å²) in [5, 5.41) is 13.9. The van der Waals surface area contributed by atoms with Crippen molar-refractivity contribution in [2.75, 3.05) is 5.32 Å². The highest BCUT2D eigenvalue weighted by Gasteiger charge is 2.11. The lowest BCUT2D eigenvalue weighted by molar-refractivity contribution is -0.117. The summed E-state index contributed by atoms with van der Waals surface area (Å²) in [7, 11) is 0. The number of nitrogens with two attached hydrogens (primary N) is 1. The van der Waals surface area contributed by atoms with Crippen LogP contribution in [0.25, 0.3) is 0 Å². The van der Waals surface area contributed by atoms with E-state index in [9.17, 15) is 9.90 Å². The molecule has 7 heteroatoms. The normalized spacial score (nSPS) is 10.4. The number of aromatic hydroxyl groups is 1. The minimum atomic E-state index is -0.427. The molecule has 0 saturated carbocycles. The molecule has 2 aromatic rings. The van der Waals surface area contributed by atoms with E-state index in [1.807, 2.05) is 0 Å². The zero-order chi connectivity index (χ0) is 14.0. The van der Waals surface area contributed by atoms with E-state index in [-0.39, 0.29) is 12.2 Å². The molecule has 0 radical (unpaired) electrons. The van der Waals surface area contributed by atoms with Gasteiger partial charge in [-0.3, -0.25) is 4.79 Å². The second kappa shape index (κ2) is 5.46. The minimum absolute atomic E-state index is 0.0651. The van der Waals surface area contributed by atoms with E-state index < -0.39 is 5.91 Å². The van der Waals surface area contributed by atoms with Crippen LogP contribution in [0.15, 0.2) is 18.2 Å². The number of benzene rings is 1. The second-order valence-electron chi connectivity index (χ2n) is 4.03. The Labute approximate surface area is 119 Å². The summed E-state index contributed by atoms with van der Waals surface area (Å²) in [6.45, 7) is 1.80. The highest BCUT2D eigenvalue weighted by molar-refractivity contribution is 7.11. The zero-order valence-electron chi connectivity index (χ0n) is 10.1. The smallest absolute Gasteiger partial charge is 0.221 e. The number of nitrogens with zero attached hydrogens (tertiary/aromatic N) is 1. The molecule has 4 N–H and O–H groups in total. The number of aromatic nitrogens is 1. The van der Waals surface area contributed by atoms with E-state index in [0.717, 1.165) is 5.69 Å². The molecule has 0 unspecified atom stereocenters. The van der Waals surface area contributed by atoms with Crippen molar-refractivity contribution >= 4 is 39.7 Å². The lowest BCUT2D eigenvalue weighted by Gasteiger charge is -2.08. The number of anilines is 2. The maximum atomic E-state index is 10.9. The molecule has 1 aromatic heterocycles. The number of halogens is 1. The van der Waals surface area contributed by atoms with Gasteiger partial charge in [0, 0.05) is 0 Å². The largest absolute Gasteiger partial charge is 0.506 e. The second-order valence-corrected chi connectivity index (χ2v) is 5.18. The quantitative estimate of drug-likeness (QED) is 0.757. The molecule has 0 aliphatic carbocycles. The van der Waals surface area contributed by atoms with Gasteiger partial charge in [0.25, 0.3) is 0 Å². The number of rotatable bonds is 4. The van der Waals surface area contributed by atoms with Gasteiger partial charge in [-0.2, -0.15) is 4.37 Å². The van der Waals surface area contributed by atoms with Crippen molar-refractivity contribution in [2.24, 2.45) is 5.73 Å². The summed E-state index contributed by atoms with van der Waals surface area (Å²) in [6.07, 6.45) is 0.115. The summed E-state index contributed by atoms with van der Waals surface area (Å²) < 4.78 is 4.10. The van der Waals surface area contributed by atoms with Crippen LogP contribution in [0.3, 0.4) is 0 Å². The van der Waals surface area contributed by atoms with Gasteiger partial charge in [-0.25, -0.2) is 0 Å². The number of aryl methyl sites for hydroxylation is 1. The predicted molar refractivity (Wildman–Crippen MR) is 76.1 cm³/mol. The van der Waals surface area contributed by atoms with Crippen molar-refractivity contribution in [2.45, 2.75) is 13.3 Å². The Hall–Kier alpha value is -1.79. The first-order valence-electron chi connectivity index (χ1n) is 5.46. The fourth-order valence-corrected chi connectivity index (χ4v) is 2.50. The summed E-state index contributed by atoms with van der Waals surface area (Å²) in [4.78, 5) is 10.9.